The number of amides is 1. The van der Waals surface area contributed by atoms with E-state index in [1.165, 1.54) is 11.1 Å². The highest BCUT2D eigenvalue weighted by atomic mass is 35.5. The monoisotopic (exact) mass is 430 g/mol. The van der Waals surface area contributed by atoms with Crippen molar-refractivity contribution in [1.29, 1.82) is 0 Å². The minimum absolute atomic E-state index is 0.163. The summed E-state index contributed by atoms with van der Waals surface area (Å²) in [6.07, 6.45) is 1.55. The molecule has 7 nitrogen and oxygen atoms in total. The molecule has 0 unspecified atom stereocenters. The molecule has 1 aliphatic heterocycles. The van der Waals surface area contributed by atoms with Crippen molar-refractivity contribution in [2.24, 2.45) is 5.92 Å². The zero-order valence-corrected chi connectivity index (χ0v) is 18.3. The zero-order chi connectivity index (χ0) is 21.7. The fourth-order valence-corrected chi connectivity index (χ4v) is 3.61. The van der Waals surface area contributed by atoms with E-state index in [1.54, 1.807) is 12.1 Å². The average molecular weight is 431 g/mol. The van der Waals surface area contributed by atoms with Crippen LogP contribution in [0.3, 0.4) is 0 Å². The fraction of sp³-hybridized carbons (Fsp3) is 0.455. The summed E-state index contributed by atoms with van der Waals surface area (Å²) in [5, 5.41) is 11.1. The van der Waals surface area contributed by atoms with Crippen LogP contribution >= 0.6 is 11.6 Å². The second kappa shape index (κ2) is 9.89. The molecule has 1 saturated heterocycles. The Morgan fingerprint density at radius 2 is 2.03 bits per heavy atom. The number of carbonyl (C=O) groups excluding carboxylic acids is 2. The van der Waals surface area contributed by atoms with E-state index in [1.807, 2.05) is 37.8 Å². The summed E-state index contributed by atoms with van der Waals surface area (Å²) in [5.41, 5.74) is 3.40. The summed E-state index contributed by atoms with van der Waals surface area (Å²) < 4.78 is 5.29. The molecule has 160 valence electrons. The lowest BCUT2D eigenvalue weighted by atomic mass is 9.98. The summed E-state index contributed by atoms with van der Waals surface area (Å²) in [7, 11) is 0. The minimum atomic E-state index is -0.365. The average Bonchev–Trinajstić information content (AvgIpc) is 2.74. The Labute approximate surface area is 181 Å². The van der Waals surface area contributed by atoms with Gasteiger partial charge < -0.3 is 15.0 Å². The molecule has 0 bridgehead atoms. The quantitative estimate of drug-likeness (QED) is 0.707. The smallest absolute Gasteiger partial charge is 0.311 e. The van der Waals surface area contributed by atoms with Gasteiger partial charge in [-0.05, 0) is 62.4 Å². The number of nitrogens with one attached hydrogen (secondary N) is 1. The number of ether oxygens (including phenoxy) is 1. The Morgan fingerprint density at radius 3 is 2.73 bits per heavy atom. The first-order valence-electron chi connectivity index (χ1n) is 10.1. The third kappa shape index (κ3) is 5.69. The summed E-state index contributed by atoms with van der Waals surface area (Å²) in [6, 6.07) is 9.38. The molecule has 0 saturated carbocycles. The van der Waals surface area contributed by atoms with Gasteiger partial charge in [0.1, 0.15) is 0 Å². The number of rotatable bonds is 6. The number of carbonyl (C=O) groups is 2. The highest BCUT2D eigenvalue weighted by molar-refractivity contribution is 6.29. The number of nitrogens with zero attached hydrogens (tertiary/aromatic N) is 3. The number of piperidine rings is 1. The van der Waals surface area contributed by atoms with Crippen molar-refractivity contribution < 1.29 is 14.3 Å². The van der Waals surface area contributed by atoms with Crippen LogP contribution in [0.4, 0.5) is 5.82 Å². The van der Waals surface area contributed by atoms with Crippen molar-refractivity contribution in [1.82, 2.24) is 15.5 Å². The number of aryl methyl sites for hydroxylation is 2. The largest absolute Gasteiger partial charge is 0.455 e. The van der Waals surface area contributed by atoms with Crippen molar-refractivity contribution in [3.8, 4) is 0 Å². The first kappa shape index (κ1) is 22.0. The van der Waals surface area contributed by atoms with E-state index in [0.717, 1.165) is 24.9 Å². The molecule has 1 fully saturated rings. The number of esters is 1. The third-order valence-electron chi connectivity index (χ3n) is 5.45. The zero-order valence-electron chi connectivity index (χ0n) is 17.5. The van der Waals surface area contributed by atoms with Crippen molar-refractivity contribution >= 4 is 29.3 Å². The van der Waals surface area contributed by atoms with E-state index in [0.29, 0.717) is 17.5 Å². The van der Waals surface area contributed by atoms with Crippen LogP contribution in [0.15, 0.2) is 30.3 Å². The SMILES string of the molecule is Cc1ccc([C@H](C)NC(=O)COC(=O)[C@H]2CCCN(c3ccc(Cl)nn3)C2)cc1C. The maximum atomic E-state index is 12.5. The summed E-state index contributed by atoms with van der Waals surface area (Å²) in [5.74, 6) is -0.307. The fourth-order valence-electron chi connectivity index (χ4n) is 3.51. The van der Waals surface area contributed by atoms with Crippen LogP contribution in [-0.2, 0) is 14.3 Å². The number of aromatic nitrogens is 2. The van der Waals surface area contributed by atoms with Gasteiger partial charge in [-0.1, -0.05) is 29.8 Å². The standard InChI is InChI=1S/C22H27ClN4O3/c1-14-6-7-17(11-15(14)2)16(3)24-21(28)13-30-22(29)18-5-4-10-27(12-18)20-9-8-19(23)25-26-20/h6-9,11,16,18H,4-5,10,12-13H2,1-3H3,(H,24,28)/t16-,18-/m0/s1. The van der Waals surface area contributed by atoms with E-state index in [9.17, 15) is 9.59 Å². The van der Waals surface area contributed by atoms with Gasteiger partial charge in [0.15, 0.2) is 17.6 Å². The van der Waals surface area contributed by atoms with Crippen molar-refractivity contribution in [3.05, 3.63) is 52.2 Å². The lowest BCUT2D eigenvalue weighted by molar-refractivity contribution is -0.153. The molecule has 8 heteroatoms. The van der Waals surface area contributed by atoms with E-state index < -0.39 is 0 Å². The van der Waals surface area contributed by atoms with Crippen LogP contribution in [0.2, 0.25) is 5.15 Å². The van der Waals surface area contributed by atoms with E-state index in [2.05, 4.69) is 21.6 Å². The van der Waals surface area contributed by atoms with Crippen LogP contribution < -0.4 is 10.2 Å². The predicted octanol–water partition coefficient (Wildman–Crippen LogP) is 3.38. The molecular formula is C22H27ClN4O3. The lowest BCUT2D eigenvalue weighted by Gasteiger charge is -2.32. The van der Waals surface area contributed by atoms with Crippen molar-refractivity contribution in [3.63, 3.8) is 0 Å². The minimum Gasteiger partial charge on any atom is -0.455 e. The molecule has 2 aromatic rings. The van der Waals surface area contributed by atoms with Gasteiger partial charge in [-0.3, -0.25) is 9.59 Å². The first-order valence-corrected chi connectivity index (χ1v) is 10.5. The molecule has 30 heavy (non-hydrogen) atoms. The summed E-state index contributed by atoms with van der Waals surface area (Å²) in [6.45, 7) is 6.98. The predicted molar refractivity (Wildman–Crippen MR) is 115 cm³/mol. The second-order valence-corrected chi connectivity index (χ2v) is 8.13. The highest BCUT2D eigenvalue weighted by Crippen LogP contribution is 2.23. The van der Waals surface area contributed by atoms with Gasteiger partial charge in [0.2, 0.25) is 0 Å². The Morgan fingerprint density at radius 1 is 1.23 bits per heavy atom. The van der Waals surface area contributed by atoms with Gasteiger partial charge in [-0.15, -0.1) is 10.2 Å². The molecular weight excluding hydrogens is 404 g/mol. The molecule has 0 spiro atoms. The molecule has 0 aliphatic carbocycles. The van der Waals surface area contributed by atoms with Gasteiger partial charge in [-0.2, -0.15) is 0 Å². The summed E-state index contributed by atoms with van der Waals surface area (Å²) >= 11 is 5.79. The van der Waals surface area contributed by atoms with E-state index in [-0.39, 0.29) is 30.4 Å². The Kier molecular flexibility index (Phi) is 7.26. The van der Waals surface area contributed by atoms with Gasteiger partial charge in [0, 0.05) is 13.1 Å². The Balaban J connectivity index is 1.48. The molecule has 1 N–H and O–H groups in total. The molecule has 2 heterocycles. The van der Waals surface area contributed by atoms with Gasteiger partial charge >= 0.3 is 5.97 Å². The maximum Gasteiger partial charge on any atom is 0.311 e. The number of benzene rings is 1. The van der Waals surface area contributed by atoms with E-state index in [4.69, 9.17) is 16.3 Å². The number of hydrogen-bond donors (Lipinski definition) is 1. The maximum absolute atomic E-state index is 12.5. The topological polar surface area (TPSA) is 84.4 Å². The van der Waals surface area contributed by atoms with Crippen LogP contribution in [-0.4, -0.2) is 41.8 Å². The molecule has 1 amide bonds. The molecule has 2 atom stereocenters. The number of halogens is 1. The van der Waals surface area contributed by atoms with Crippen LogP contribution in [0.25, 0.3) is 0 Å². The normalized spacial score (nSPS) is 17.3. The Bertz CT molecular complexity index is 904. The molecule has 1 aliphatic rings. The lowest BCUT2D eigenvalue weighted by Crippen LogP contribution is -2.41. The van der Waals surface area contributed by atoms with Crippen LogP contribution in [0.1, 0.15) is 42.5 Å². The first-order chi connectivity index (χ1) is 14.3. The summed E-state index contributed by atoms with van der Waals surface area (Å²) in [4.78, 5) is 26.7. The molecule has 1 aromatic heterocycles. The van der Waals surface area contributed by atoms with Crippen molar-refractivity contribution in [2.75, 3.05) is 24.6 Å². The van der Waals surface area contributed by atoms with Crippen LogP contribution in [0, 0.1) is 19.8 Å². The second-order valence-electron chi connectivity index (χ2n) is 7.74. The number of anilines is 1. The highest BCUT2D eigenvalue weighted by Gasteiger charge is 2.28. The van der Waals surface area contributed by atoms with Crippen LogP contribution in [0.5, 0.6) is 0 Å². The molecule has 1 aromatic carbocycles. The van der Waals surface area contributed by atoms with Gasteiger partial charge in [0.05, 0.1) is 12.0 Å². The van der Waals surface area contributed by atoms with Gasteiger partial charge in [-0.25, -0.2) is 0 Å². The third-order valence-corrected chi connectivity index (χ3v) is 5.65. The molecule has 0 radical (unpaired) electrons. The molecule has 3 rings (SSSR count). The van der Waals surface area contributed by atoms with E-state index >= 15 is 0 Å². The van der Waals surface area contributed by atoms with Gasteiger partial charge in [0.25, 0.3) is 5.91 Å². The van der Waals surface area contributed by atoms with Crippen molar-refractivity contribution in [2.45, 2.75) is 39.7 Å². The Hall–Kier alpha value is -2.67. The number of hydrogen-bond acceptors (Lipinski definition) is 6.